The van der Waals surface area contributed by atoms with Crippen molar-refractivity contribution in [3.05, 3.63) is 0 Å². The van der Waals surface area contributed by atoms with Crippen LogP contribution in [0.15, 0.2) is 0 Å². The normalized spacial score (nSPS) is 12.4. The van der Waals surface area contributed by atoms with E-state index in [9.17, 15) is 25.2 Å². The first-order valence-corrected chi connectivity index (χ1v) is 12.4. The van der Waals surface area contributed by atoms with Gasteiger partial charge >= 0.3 is 11.8 Å². The Balaban J connectivity index is 3.33. The molecule has 0 unspecified atom stereocenters. The van der Waals surface area contributed by atoms with Crippen LogP contribution in [0.5, 0.6) is 0 Å². The first-order chi connectivity index (χ1) is 14.3. The van der Waals surface area contributed by atoms with Crippen LogP contribution in [0, 0.1) is 0 Å². The lowest BCUT2D eigenvalue weighted by atomic mass is 9.98. The van der Waals surface area contributed by atoms with Gasteiger partial charge in [-0.15, -0.1) is 0 Å². The minimum absolute atomic E-state index is 0.335. The lowest BCUT2D eigenvalue weighted by molar-refractivity contribution is -0.346. The highest BCUT2D eigenvalue weighted by atomic mass is 16.6. The minimum atomic E-state index is -3.54. The Bertz CT molecular complexity index is 409. The molecule has 0 radical (unpaired) electrons. The molecule has 0 bridgehead atoms. The topological polar surface area (TPSA) is 118 Å². The second kappa shape index (κ2) is 17.9. The Morgan fingerprint density at radius 3 is 1.07 bits per heavy atom. The summed E-state index contributed by atoms with van der Waals surface area (Å²) in [6, 6.07) is 0. The van der Waals surface area contributed by atoms with Gasteiger partial charge in [-0.3, -0.25) is 0 Å². The molecule has 0 spiro atoms. The molecule has 0 heterocycles. The molecule has 0 aromatic heterocycles. The van der Waals surface area contributed by atoms with E-state index in [4.69, 9.17) is 5.11 Å². The summed E-state index contributed by atoms with van der Waals surface area (Å²) in [7, 11) is 0. The third-order valence-corrected chi connectivity index (χ3v) is 5.99. The van der Waals surface area contributed by atoms with E-state index >= 15 is 0 Å². The SMILES string of the molecule is CCCCCCCCCCCCCCCCCCCCCC(O)(O)C(O)(O)C(=O)O. The van der Waals surface area contributed by atoms with Crippen molar-refractivity contribution in [1.82, 2.24) is 0 Å². The van der Waals surface area contributed by atoms with Gasteiger partial charge in [-0.05, 0) is 6.42 Å². The number of unbranched alkanes of at least 4 members (excludes halogenated alkanes) is 18. The van der Waals surface area contributed by atoms with E-state index in [-0.39, 0.29) is 6.42 Å². The van der Waals surface area contributed by atoms with E-state index in [1.807, 2.05) is 0 Å². The molecule has 6 nitrogen and oxygen atoms in total. The average molecular weight is 433 g/mol. The molecule has 180 valence electrons. The summed E-state index contributed by atoms with van der Waals surface area (Å²) < 4.78 is 0. The van der Waals surface area contributed by atoms with Crippen molar-refractivity contribution >= 4 is 5.97 Å². The van der Waals surface area contributed by atoms with Crippen molar-refractivity contribution in [2.75, 3.05) is 0 Å². The summed E-state index contributed by atoms with van der Waals surface area (Å²) in [5.41, 5.74) is 0. The molecule has 0 atom stereocenters. The highest BCUT2D eigenvalue weighted by molar-refractivity contribution is 5.76. The van der Waals surface area contributed by atoms with Crippen molar-refractivity contribution in [1.29, 1.82) is 0 Å². The zero-order chi connectivity index (χ0) is 22.7. The molecule has 0 saturated carbocycles. The highest BCUT2D eigenvalue weighted by Crippen LogP contribution is 2.24. The van der Waals surface area contributed by atoms with Gasteiger partial charge in [0.2, 0.25) is 5.79 Å². The lowest BCUT2D eigenvalue weighted by Gasteiger charge is -2.31. The molecule has 6 heteroatoms. The van der Waals surface area contributed by atoms with Crippen LogP contribution in [0.1, 0.15) is 135 Å². The van der Waals surface area contributed by atoms with Gasteiger partial charge < -0.3 is 25.5 Å². The van der Waals surface area contributed by atoms with Gasteiger partial charge in [0.25, 0.3) is 0 Å². The van der Waals surface area contributed by atoms with Crippen molar-refractivity contribution in [3.63, 3.8) is 0 Å². The fourth-order valence-electron chi connectivity index (χ4n) is 3.80. The number of hydrogen-bond donors (Lipinski definition) is 5. The Kier molecular flexibility index (Phi) is 17.5. The molecule has 0 saturated heterocycles. The first kappa shape index (κ1) is 29.3. The highest BCUT2D eigenvalue weighted by Gasteiger charge is 2.53. The molecule has 0 aliphatic rings. The molecule has 0 aliphatic heterocycles. The summed E-state index contributed by atoms with van der Waals surface area (Å²) in [6.45, 7) is 2.26. The Labute approximate surface area is 183 Å². The van der Waals surface area contributed by atoms with Crippen LogP contribution in [0.4, 0.5) is 0 Å². The van der Waals surface area contributed by atoms with Crippen molar-refractivity contribution in [2.45, 2.75) is 147 Å². The quantitative estimate of drug-likeness (QED) is 0.118. The van der Waals surface area contributed by atoms with E-state index in [0.717, 1.165) is 19.3 Å². The number of carboxylic acid groups (broad SMARTS) is 1. The molecule has 0 amide bonds. The van der Waals surface area contributed by atoms with Gasteiger partial charge in [-0.1, -0.05) is 122 Å². The largest absolute Gasteiger partial charge is 0.477 e. The van der Waals surface area contributed by atoms with Crippen molar-refractivity contribution < 1.29 is 30.3 Å². The molecular weight excluding hydrogens is 384 g/mol. The molecular formula is C24H48O6. The van der Waals surface area contributed by atoms with Crippen molar-refractivity contribution in [2.24, 2.45) is 0 Å². The molecule has 0 aliphatic carbocycles. The van der Waals surface area contributed by atoms with Crippen LogP contribution in [-0.2, 0) is 4.79 Å². The number of aliphatic carboxylic acids is 1. The van der Waals surface area contributed by atoms with E-state index in [1.54, 1.807) is 0 Å². The van der Waals surface area contributed by atoms with Gasteiger partial charge in [-0.2, -0.15) is 0 Å². The van der Waals surface area contributed by atoms with Crippen molar-refractivity contribution in [3.8, 4) is 0 Å². The molecule has 0 fully saturated rings. The van der Waals surface area contributed by atoms with Crippen LogP contribution >= 0.6 is 0 Å². The number of carboxylic acids is 1. The Hall–Kier alpha value is -0.690. The zero-order valence-corrected chi connectivity index (χ0v) is 19.3. The summed E-state index contributed by atoms with van der Waals surface area (Å²) >= 11 is 0. The molecule has 5 N–H and O–H groups in total. The summed E-state index contributed by atoms with van der Waals surface area (Å²) in [5.74, 6) is -8.64. The first-order valence-electron chi connectivity index (χ1n) is 12.4. The fourth-order valence-corrected chi connectivity index (χ4v) is 3.80. The second-order valence-corrected chi connectivity index (χ2v) is 8.91. The Morgan fingerprint density at radius 2 is 0.800 bits per heavy atom. The smallest absolute Gasteiger partial charge is 0.370 e. The number of rotatable bonds is 22. The van der Waals surface area contributed by atoms with Crippen LogP contribution < -0.4 is 0 Å². The predicted octanol–water partition coefficient (Wildman–Crippen LogP) is 5.25. The second-order valence-electron chi connectivity index (χ2n) is 8.91. The van der Waals surface area contributed by atoms with Crippen LogP contribution in [0.2, 0.25) is 0 Å². The number of aliphatic hydroxyl groups is 4. The van der Waals surface area contributed by atoms with Gasteiger partial charge in [0.1, 0.15) is 0 Å². The molecule has 0 aromatic rings. The molecule has 0 aromatic carbocycles. The summed E-state index contributed by atoms with van der Waals surface area (Å²) in [5, 5.41) is 46.1. The molecule has 0 rings (SSSR count). The monoisotopic (exact) mass is 432 g/mol. The number of carbonyl (C=O) groups is 1. The summed E-state index contributed by atoms with van der Waals surface area (Å²) in [4.78, 5) is 10.6. The third-order valence-electron chi connectivity index (χ3n) is 5.99. The number of hydrogen-bond acceptors (Lipinski definition) is 5. The minimum Gasteiger partial charge on any atom is -0.477 e. The lowest BCUT2D eigenvalue weighted by Crippen LogP contribution is -2.59. The fraction of sp³-hybridized carbons (Fsp3) is 0.958. The Morgan fingerprint density at radius 1 is 0.533 bits per heavy atom. The maximum atomic E-state index is 10.6. The van der Waals surface area contributed by atoms with Gasteiger partial charge in [0.05, 0.1) is 0 Å². The van der Waals surface area contributed by atoms with Crippen LogP contribution in [0.25, 0.3) is 0 Å². The van der Waals surface area contributed by atoms with Crippen LogP contribution in [-0.4, -0.2) is 43.1 Å². The molecule has 30 heavy (non-hydrogen) atoms. The summed E-state index contributed by atoms with van der Waals surface area (Å²) in [6.07, 6.45) is 22.8. The van der Waals surface area contributed by atoms with E-state index in [0.29, 0.717) is 12.8 Å². The van der Waals surface area contributed by atoms with Crippen LogP contribution in [0.3, 0.4) is 0 Å². The maximum absolute atomic E-state index is 10.6. The van der Waals surface area contributed by atoms with Gasteiger partial charge in [0, 0.05) is 6.42 Å². The van der Waals surface area contributed by atoms with E-state index in [2.05, 4.69) is 6.92 Å². The maximum Gasteiger partial charge on any atom is 0.370 e. The third kappa shape index (κ3) is 14.3. The zero-order valence-electron chi connectivity index (χ0n) is 19.3. The van der Waals surface area contributed by atoms with Gasteiger partial charge in [-0.25, -0.2) is 4.79 Å². The van der Waals surface area contributed by atoms with Gasteiger partial charge in [0.15, 0.2) is 0 Å². The van der Waals surface area contributed by atoms with E-state index in [1.165, 1.54) is 89.9 Å². The standard InChI is InChI=1S/C24H48O6/c1-2-3-4-5-6-7-8-9-10-11-12-13-14-15-16-17-18-19-20-21-23(27,28)24(29,30)22(25)26/h27-30H,2-21H2,1H3,(H,25,26). The average Bonchev–Trinajstić information content (AvgIpc) is 2.69. The van der Waals surface area contributed by atoms with E-state index < -0.39 is 17.5 Å². The predicted molar refractivity (Wildman–Crippen MR) is 120 cm³/mol.